The number of fused-ring (bicyclic) bond motifs is 1. The highest BCUT2D eigenvalue weighted by Crippen LogP contribution is 2.13. The zero-order valence-electron chi connectivity index (χ0n) is 5.66. The van der Waals surface area contributed by atoms with Gasteiger partial charge in [-0.25, -0.2) is 4.98 Å². The minimum absolute atomic E-state index is 1.14. The van der Waals surface area contributed by atoms with Crippen molar-refractivity contribution in [2.45, 2.75) is 0 Å². The van der Waals surface area contributed by atoms with Crippen LogP contribution in [0.4, 0.5) is 0 Å². The number of pyridine rings is 1. The van der Waals surface area contributed by atoms with E-state index in [4.69, 9.17) is 0 Å². The zero-order valence-corrected chi connectivity index (χ0v) is 6.48. The predicted octanol–water partition coefficient (Wildman–Crippen LogP) is 0.555. The largest absolute Gasteiger partial charge is 0.245 e. The molecule has 1 nitrogen and oxygen atoms in total. The zero-order chi connectivity index (χ0) is 6.97. The van der Waals surface area contributed by atoms with E-state index in [1.165, 1.54) is 10.2 Å². The van der Waals surface area contributed by atoms with Crippen molar-refractivity contribution in [1.29, 1.82) is 0 Å². The molecule has 0 aliphatic rings. The Kier molecular flexibility index (Phi) is 1.24. The summed E-state index contributed by atoms with van der Waals surface area (Å²) in [4.78, 5) is 5.36. The van der Waals surface area contributed by atoms with E-state index in [0.717, 1.165) is 4.83 Å². The van der Waals surface area contributed by atoms with E-state index in [2.05, 4.69) is 25.0 Å². The Hall–Kier alpha value is -0.825. The summed E-state index contributed by atoms with van der Waals surface area (Å²) in [5.74, 6) is 0. The third-order valence-corrected chi connectivity index (χ3v) is 2.39. The highest BCUT2D eigenvalue weighted by atomic mass is 32.1. The molecule has 0 aromatic carbocycles. The van der Waals surface area contributed by atoms with Crippen LogP contribution in [-0.4, -0.2) is 12.8 Å². The lowest BCUT2D eigenvalue weighted by Crippen LogP contribution is -1.88. The van der Waals surface area contributed by atoms with Gasteiger partial charge in [0.05, 0.1) is 0 Å². The number of hydrogen-bond donors (Lipinski definition) is 0. The maximum atomic E-state index is 4.22. The molecule has 0 saturated carbocycles. The van der Waals surface area contributed by atoms with Crippen LogP contribution in [0.1, 0.15) is 0 Å². The average molecular weight is 147 g/mol. The third-order valence-electron chi connectivity index (χ3n) is 1.42. The third kappa shape index (κ3) is 0.828. The summed E-state index contributed by atoms with van der Waals surface area (Å²) in [6.45, 7) is 0. The smallest absolute Gasteiger partial charge is 0.152 e. The molecule has 10 heavy (non-hydrogen) atoms. The molecule has 0 spiro atoms. The number of thiophene rings is 1. The molecule has 0 N–H and O–H groups in total. The van der Waals surface area contributed by atoms with Crippen LogP contribution in [0.15, 0.2) is 24.4 Å². The molecule has 3 heteroatoms. The predicted molar refractivity (Wildman–Crippen MR) is 47.8 cm³/mol. The van der Waals surface area contributed by atoms with Gasteiger partial charge in [0.2, 0.25) is 0 Å². The van der Waals surface area contributed by atoms with Crippen molar-refractivity contribution < 1.29 is 0 Å². The number of hydrogen-bond acceptors (Lipinski definition) is 2. The van der Waals surface area contributed by atoms with E-state index in [1.807, 2.05) is 12.3 Å². The molecule has 0 bridgehead atoms. The first-order chi connectivity index (χ1) is 4.86. The van der Waals surface area contributed by atoms with E-state index in [1.54, 1.807) is 11.3 Å². The van der Waals surface area contributed by atoms with Gasteiger partial charge in [-0.15, -0.1) is 11.3 Å². The molecule has 0 aliphatic heterocycles. The maximum absolute atomic E-state index is 4.22. The summed E-state index contributed by atoms with van der Waals surface area (Å²) < 4.78 is 1.33. The molecule has 0 saturated heterocycles. The Morgan fingerprint density at radius 1 is 1.50 bits per heavy atom. The van der Waals surface area contributed by atoms with Crippen LogP contribution < -0.4 is 4.78 Å². The van der Waals surface area contributed by atoms with E-state index in [-0.39, 0.29) is 0 Å². The van der Waals surface area contributed by atoms with Gasteiger partial charge in [-0.05, 0) is 16.9 Å². The van der Waals surface area contributed by atoms with Crippen LogP contribution in [-0.2, 0) is 0 Å². The number of rotatable bonds is 0. The minimum Gasteiger partial charge on any atom is -0.245 e. The lowest BCUT2D eigenvalue weighted by molar-refractivity contribution is 1.45. The molecule has 2 heterocycles. The van der Waals surface area contributed by atoms with Gasteiger partial charge in [0, 0.05) is 11.6 Å². The Morgan fingerprint density at radius 2 is 2.40 bits per heavy atom. The fourth-order valence-corrected chi connectivity index (χ4v) is 1.85. The first-order valence-electron chi connectivity index (χ1n) is 3.17. The number of aromatic nitrogens is 1. The number of nitrogens with zero attached hydrogens (tertiary/aromatic N) is 1. The molecule has 2 aromatic rings. The van der Waals surface area contributed by atoms with Crippen molar-refractivity contribution in [3.05, 3.63) is 24.4 Å². The molecular formula is C7H6BNS. The average Bonchev–Trinajstić information content (AvgIpc) is 2.27. The fourth-order valence-electron chi connectivity index (χ4n) is 0.999. The molecular weight excluding hydrogens is 141 g/mol. The normalized spacial score (nSPS) is 10.4. The molecule has 0 radical (unpaired) electrons. The second-order valence-corrected chi connectivity index (χ2v) is 3.49. The van der Waals surface area contributed by atoms with Crippen molar-refractivity contribution in [3.8, 4) is 0 Å². The van der Waals surface area contributed by atoms with Gasteiger partial charge in [0.15, 0.2) is 7.85 Å². The monoisotopic (exact) mass is 147 g/mol. The van der Waals surface area contributed by atoms with Crippen LogP contribution in [0.5, 0.6) is 0 Å². The summed E-state index contributed by atoms with van der Waals surface area (Å²) in [5, 5.41) is 1.25. The first-order valence-corrected chi connectivity index (χ1v) is 3.99. The highest BCUT2D eigenvalue weighted by molar-refractivity contribution is 7.25. The summed E-state index contributed by atoms with van der Waals surface area (Å²) in [7, 11) is 2.10. The lowest BCUT2D eigenvalue weighted by Gasteiger charge is -1.81. The standard InChI is InChI=1S/C7H6BNS/c8-6-4-5-2-1-3-9-7(5)10-6/h1-4H,8H2. The second-order valence-electron chi connectivity index (χ2n) is 2.25. The fraction of sp³-hybridized carbons (Fsp3) is 0. The summed E-state index contributed by atoms with van der Waals surface area (Å²) in [6, 6.07) is 6.22. The van der Waals surface area contributed by atoms with Gasteiger partial charge >= 0.3 is 0 Å². The van der Waals surface area contributed by atoms with Crippen molar-refractivity contribution in [1.82, 2.24) is 4.98 Å². The first kappa shape index (κ1) is 5.92. The maximum Gasteiger partial charge on any atom is 0.152 e. The quantitative estimate of drug-likeness (QED) is 0.496. The SMILES string of the molecule is Bc1cc2cccnc2s1. The van der Waals surface area contributed by atoms with Crippen molar-refractivity contribution in [3.63, 3.8) is 0 Å². The van der Waals surface area contributed by atoms with Crippen LogP contribution >= 0.6 is 11.3 Å². The van der Waals surface area contributed by atoms with Gasteiger partial charge in [0.25, 0.3) is 0 Å². The van der Waals surface area contributed by atoms with Crippen molar-refractivity contribution in [2.75, 3.05) is 0 Å². The summed E-state index contributed by atoms with van der Waals surface area (Å²) in [6.07, 6.45) is 1.83. The van der Waals surface area contributed by atoms with E-state index < -0.39 is 0 Å². The minimum atomic E-state index is 1.14. The molecule has 48 valence electrons. The van der Waals surface area contributed by atoms with Crippen LogP contribution in [0.3, 0.4) is 0 Å². The highest BCUT2D eigenvalue weighted by Gasteiger charge is 1.95. The Balaban J connectivity index is 2.88. The molecule has 2 rings (SSSR count). The van der Waals surface area contributed by atoms with Gasteiger partial charge in [0.1, 0.15) is 4.83 Å². The molecule has 0 aliphatic carbocycles. The van der Waals surface area contributed by atoms with Crippen molar-refractivity contribution >= 4 is 34.2 Å². The molecule has 0 fully saturated rings. The molecule has 0 atom stereocenters. The molecule has 0 amide bonds. The lowest BCUT2D eigenvalue weighted by atomic mass is 10.1. The van der Waals surface area contributed by atoms with E-state index in [9.17, 15) is 0 Å². The second kappa shape index (κ2) is 2.09. The van der Waals surface area contributed by atoms with Crippen LogP contribution in [0.2, 0.25) is 0 Å². The summed E-state index contributed by atoms with van der Waals surface area (Å²) in [5.41, 5.74) is 0. The summed E-state index contributed by atoms with van der Waals surface area (Å²) >= 11 is 1.74. The molecule has 2 aromatic heterocycles. The van der Waals surface area contributed by atoms with Gasteiger partial charge in [-0.3, -0.25) is 0 Å². The van der Waals surface area contributed by atoms with Crippen LogP contribution in [0.25, 0.3) is 10.2 Å². The van der Waals surface area contributed by atoms with E-state index in [0.29, 0.717) is 0 Å². The van der Waals surface area contributed by atoms with Crippen LogP contribution in [0, 0.1) is 0 Å². The Labute approximate surface area is 64.1 Å². The Morgan fingerprint density at radius 3 is 3.20 bits per heavy atom. The Bertz CT molecular complexity index is 322. The molecule has 0 unspecified atom stereocenters. The van der Waals surface area contributed by atoms with E-state index >= 15 is 0 Å². The van der Waals surface area contributed by atoms with Crippen molar-refractivity contribution in [2.24, 2.45) is 0 Å². The van der Waals surface area contributed by atoms with Gasteiger partial charge in [-0.1, -0.05) is 6.07 Å². The van der Waals surface area contributed by atoms with Gasteiger partial charge in [-0.2, -0.15) is 0 Å². The van der Waals surface area contributed by atoms with Gasteiger partial charge < -0.3 is 0 Å². The topological polar surface area (TPSA) is 12.9 Å².